The van der Waals surface area contributed by atoms with E-state index in [0.29, 0.717) is 11.3 Å². The predicted octanol–water partition coefficient (Wildman–Crippen LogP) is 4.76. The summed E-state index contributed by atoms with van der Waals surface area (Å²) in [7, 11) is -3.71. The molecule has 0 fully saturated rings. The second-order valence-electron chi connectivity index (χ2n) is 6.72. The van der Waals surface area contributed by atoms with Crippen LogP contribution in [0.1, 0.15) is 41.7 Å². The molecule has 0 aromatic heterocycles. The fourth-order valence-corrected chi connectivity index (χ4v) is 4.15. The molecule has 29 heavy (non-hydrogen) atoms. The Balaban J connectivity index is 1.77. The molecule has 6 heteroatoms. The highest BCUT2D eigenvalue weighted by Crippen LogP contribution is 2.21. The molecule has 5 nitrogen and oxygen atoms in total. The van der Waals surface area contributed by atoms with E-state index in [1.54, 1.807) is 42.5 Å². The third-order valence-corrected chi connectivity index (χ3v) is 5.91. The predicted molar refractivity (Wildman–Crippen MR) is 115 cm³/mol. The van der Waals surface area contributed by atoms with Crippen molar-refractivity contribution in [2.24, 2.45) is 0 Å². The maximum atomic E-state index is 12.8. The summed E-state index contributed by atoms with van der Waals surface area (Å²) in [6.45, 7) is 2.07. The van der Waals surface area contributed by atoms with E-state index in [-0.39, 0.29) is 16.8 Å². The van der Waals surface area contributed by atoms with Gasteiger partial charge in [-0.15, -0.1) is 0 Å². The Labute approximate surface area is 171 Å². The lowest BCUT2D eigenvalue weighted by Crippen LogP contribution is -2.28. The van der Waals surface area contributed by atoms with Crippen molar-refractivity contribution in [2.45, 2.75) is 30.7 Å². The van der Waals surface area contributed by atoms with Crippen molar-refractivity contribution >= 4 is 21.6 Å². The van der Waals surface area contributed by atoms with Crippen molar-refractivity contribution in [3.63, 3.8) is 0 Å². The monoisotopic (exact) mass is 408 g/mol. The van der Waals surface area contributed by atoms with Crippen LogP contribution in [0.25, 0.3) is 0 Å². The summed E-state index contributed by atoms with van der Waals surface area (Å²) < 4.78 is 27.6. The fourth-order valence-electron chi connectivity index (χ4n) is 3.08. The van der Waals surface area contributed by atoms with E-state index in [1.165, 1.54) is 12.1 Å². The normalized spacial score (nSPS) is 12.2. The van der Waals surface area contributed by atoms with E-state index in [0.717, 1.165) is 18.4 Å². The summed E-state index contributed by atoms with van der Waals surface area (Å²) in [5, 5.41) is 3.06. The van der Waals surface area contributed by atoms with E-state index in [9.17, 15) is 13.2 Å². The van der Waals surface area contributed by atoms with Gasteiger partial charge in [-0.2, -0.15) is 0 Å². The Hall–Kier alpha value is -3.12. The van der Waals surface area contributed by atoms with Crippen molar-refractivity contribution in [1.82, 2.24) is 5.32 Å². The molecule has 0 heterocycles. The zero-order chi connectivity index (χ0) is 20.7. The molecule has 1 atom stereocenters. The SMILES string of the molecule is CCC[C@@H](NC(=O)c1cccc(NS(=O)(=O)c2ccccc2)c1)c1ccccc1. The van der Waals surface area contributed by atoms with Crippen molar-refractivity contribution in [3.8, 4) is 0 Å². The number of hydrogen-bond acceptors (Lipinski definition) is 3. The van der Waals surface area contributed by atoms with E-state index in [1.807, 2.05) is 30.3 Å². The highest BCUT2D eigenvalue weighted by Gasteiger charge is 2.17. The van der Waals surface area contributed by atoms with Gasteiger partial charge in [0.25, 0.3) is 15.9 Å². The first-order valence-electron chi connectivity index (χ1n) is 9.53. The molecule has 150 valence electrons. The zero-order valence-corrected chi connectivity index (χ0v) is 17.0. The summed E-state index contributed by atoms with van der Waals surface area (Å²) in [4.78, 5) is 13.0. The van der Waals surface area contributed by atoms with Gasteiger partial charge in [0.2, 0.25) is 0 Å². The minimum absolute atomic E-state index is 0.0987. The number of rotatable bonds is 8. The number of carbonyl (C=O) groups excluding carboxylic acids is 1. The highest BCUT2D eigenvalue weighted by molar-refractivity contribution is 7.92. The van der Waals surface area contributed by atoms with Gasteiger partial charge in [0.15, 0.2) is 0 Å². The van der Waals surface area contributed by atoms with Gasteiger partial charge in [0.1, 0.15) is 0 Å². The van der Waals surface area contributed by atoms with Crippen LogP contribution in [0.15, 0.2) is 89.8 Å². The second-order valence-corrected chi connectivity index (χ2v) is 8.41. The van der Waals surface area contributed by atoms with Gasteiger partial charge < -0.3 is 5.32 Å². The van der Waals surface area contributed by atoms with E-state index >= 15 is 0 Å². The van der Waals surface area contributed by atoms with Crippen LogP contribution in [0.4, 0.5) is 5.69 Å². The Kier molecular flexibility index (Phi) is 6.67. The minimum atomic E-state index is -3.71. The first-order valence-corrected chi connectivity index (χ1v) is 11.0. The quantitative estimate of drug-likeness (QED) is 0.564. The van der Waals surface area contributed by atoms with Gasteiger partial charge in [-0.1, -0.05) is 67.9 Å². The van der Waals surface area contributed by atoms with Gasteiger partial charge in [-0.05, 0) is 42.3 Å². The topological polar surface area (TPSA) is 75.3 Å². The maximum absolute atomic E-state index is 12.8. The van der Waals surface area contributed by atoms with Crippen molar-refractivity contribution < 1.29 is 13.2 Å². The molecule has 2 N–H and O–H groups in total. The molecule has 0 aliphatic carbocycles. The van der Waals surface area contributed by atoms with Gasteiger partial charge in [0.05, 0.1) is 10.9 Å². The average molecular weight is 409 g/mol. The molecule has 0 saturated heterocycles. The lowest BCUT2D eigenvalue weighted by atomic mass is 10.0. The third kappa shape index (κ3) is 5.45. The number of nitrogens with one attached hydrogen (secondary N) is 2. The molecular formula is C23H24N2O3S. The Morgan fingerprint density at radius 2 is 1.55 bits per heavy atom. The molecule has 3 aromatic carbocycles. The van der Waals surface area contributed by atoms with E-state index in [4.69, 9.17) is 0 Å². The smallest absolute Gasteiger partial charge is 0.261 e. The van der Waals surface area contributed by atoms with E-state index < -0.39 is 10.0 Å². The summed E-state index contributed by atoms with van der Waals surface area (Å²) in [5.41, 5.74) is 1.78. The Bertz CT molecular complexity index is 1050. The van der Waals surface area contributed by atoms with Crippen molar-refractivity contribution in [1.29, 1.82) is 0 Å². The second kappa shape index (κ2) is 9.39. The largest absolute Gasteiger partial charge is 0.345 e. The number of anilines is 1. The molecular weight excluding hydrogens is 384 g/mol. The lowest BCUT2D eigenvalue weighted by Gasteiger charge is -2.19. The third-order valence-electron chi connectivity index (χ3n) is 4.52. The molecule has 3 rings (SSSR count). The summed E-state index contributed by atoms with van der Waals surface area (Å²) in [6, 6.07) is 24.3. The molecule has 0 unspecified atom stereocenters. The van der Waals surface area contributed by atoms with Crippen LogP contribution in [0.3, 0.4) is 0 Å². The van der Waals surface area contributed by atoms with Crippen LogP contribution in [-0.4, -0.2) is 14.3 Å². The van der Waals surface area contributed by atoms with Gasteiger partial charge in [0, 0.05) is 11.3 Å². The summed E-state index contributed by atoms with van der Waals surface area (Å²) >= 11 is 0. The summed E-state index contributed by atoms with van der Waals surface area (Å²) in [6.07, 6.45) is 1.74. The van der Waals surface area contributed by atoms with E-state index in [2.05, 4.69) is 17.0 Å². The molecule has 3 aromatic rings. The average Bonchev–Trinajstić information content (AvgIpc) is 2.74. The number of amides is 1. The van der Waals surface area contributed by atoms with Crippen LogP contribution in [0, 0.1) is 0 Å². The molecule has 0 aliphatic heterocycles. The number of hydrogen-bond donors (Lipinski definition) is 2. The molecule has 0 bridgehead atoms. The van der Waals surface area contributed by atoms with Crippen molar-refractivity contribution in [3.05, 3.63) is 96.1 Å². The first-order chi connectivity index (χ1) is 14.0. The minimum Gasteiger partial charge on any atom is -0.345 e. The Morgan fingerprint density at radius 1 is 0.897 bits per heavy atom. The van der Waals surface area contributed by atoms with Crippen LogP contribution < -0.4 is 10.0 Å². The molecule has 0 radical (unpaired) electrons. The molecule has 0 saturated carbocycles. The number of benzene rings is 3. The van der Waals surface area contributed by atoms with Crippen LogP contribution in [-0.2, 0) is 10.0 Å². The standard InChI is InChI=1S/C23H24N2O3S/c1-2-10-22(18-11-5-3-6-12-18)24-23(26)19-13-9-14-20(17-19)25-29(27,28)21-15-7-4-8-16-21/h3-9,11-17,22,25H,2,10H2,1H3,(H,24,26)/t22-/m1/s1. The van der Waals surface area contributed by atoms with Crippen LogP contribution in [0.2, 0.25) is 0 Å². The summed E-state index contributed by atoms with van der Waals surface area (Å²) in [5.74, 6) is -0.243. The lowest BCUT2D eigenvalue weighted by molar-refractivity contribution is 0.0934. The zero-order valence-electron chi connectivity index (χ0n) is 16.2. The highest BCUT2D eigenvalue weighted by atomic mass is 32.2. The first kappa shape index (κ1) is 20.6. The number of carbonyl (C=O) groups is 1. The fraction of sp³-hybridized carbons (Fsp3) is 0.174. The molecule has 0 spiro atoms. The van der Waals surface area contributed by atoms with Crippen molar-refractivity contribution in [2.75, 3.05) is 4.72 Å². The maximum Gasteiger partial charge on any atom is 0.261 e. The van der Waals surface area contributed by atoms with Gasteiger partial charge in [-0.3, -0.25) is 9.52 Å². The number of sulfonamides is 1. The van der Waals surface area contributed by atoms with Gasteiger partial charge >= 0.3 is 0 Å². The van der Waals surface area contributed by atoms with Gasteiger partial charge in [-0.25, -0.2) is 8.42 Å². The van der Waals surface area contributed by atoms with Crippen LogP contribution >= 0.6 is 0 Å². The van der Waals surface area contributed by atoms with Crippen LogP contribution in [0.5, 0.6) is 0 Å². The molecule has 1 amide bonds. The molecule has 0 aliphatic rings. The Morgan fingerprint density at radius 3 is 2.21 bits per heavy atom.